The van der Waals surface area contributed by atoms with Gasteiger partial charge < -0.3 is 0 Å². The summed E-state index contributed by atoms with van der Waals surface area (Å²) in [7, 11) is -7.71. The first-order chi connectivity index (χ1) is 16.0. The third kappa shape index (κ3) is 4.88. The molecule has 2 aromatic rings. The Balaban J connectivity index is 1.61. The van der Waals surface area contributed by atoms with E-state index in [0.717, 1.165) is 31.0 Å². The van der Waals surface area contributed by atoms with Gasteiger partial charge in [-0.25, -0.2) is 21.9 Å². The average Bonchev–Trinajstić information content (AvgIpc) is 3.36. The third-order valence-corrected chi connectivity index (χ3v) is 11.3. The van der Waals surface area contributed by atoms with Gasteiger partial charge in [0.1, 0.15) is 16.4 Å². The van der Waals surface area contributed by atoms with Crippen molar-refractivity contribution in [1.82, 2.24) is 9.03 Å². The number of benzene rings is 2. The van der Waals surface area contributed by atoms with Crippen molar-refractivity contribution in [2.45, 2.75) is 48.2 Å². The largest absolute Gasteiger partial charge is 0.279 e. The van der Waals surface area contributed by atoms with Gasteiger partial charge in [-0.1, -0.05) is 11.6 Å². The molecule has 1 heterocycles. The SMILES string of the molecule is O=S(=O)(NCC1CCC(c2cc(F)ccc2F)(S(=O)(=O)c2ccc(Cl)cc2)CC1)N1CCCC1. The predicted molar refractivity (Wildman–Crippen MR) is 126 cm³/mol. The molecule has 2 fully saturated rings. The second-order valence-corrected chi connectivity index (χ2v) is 13.4. The lowest BCUT2D eigenvalue weighted by Crippen LogP contribution is -2.44. The number of rotatable bonds is 7. The number of hydrogen-bond acceptors (Lipinski definition) is 4. The third-order valence-electron chi connectivity index (χ3n) is 6.93. The van der Waals surface area contributed by atoms with Crippen molar-refractivity contribution in [2.24, 2.45) is 5.92 Å². The van der Waals surface area contributed by atoms with Gasteiger partial charge in [-0.05, 0) is 86.9 Å². The summed E-state index contributed by atoms with van der Waals surface area (Å²) in [4.78, 5) is -0.0197. The van der Waals surface area contributed by atoms with Gasteiger partial charge in [0.2, 0.25) is 0 Å². The molecule has 6 nitrogen and oxygen atoms in total. The molecule has 2 aromatic carbocycles. The van der Waals surface area contributed by atoms with Crippen molar-refractivity contribution >= 4 is 31.6 Å². The number of halogens is 3. The quantitative estimate of drug-likeness (QED) is 0.572. The molecule has 0 amide bonds. The first-order valence-electron chi connectivity index (χ1n) is 11.3. The van der Waals surface area contributed by atoms with E-state index in [4.69, 9.17) is 11.6 Å². The molecule has 0 atom stereocenters. The number of nitrogens with zero attached hydrogens (tertiary/aromatic N) is 1. The van der Waals surface area contributed by atoms with Crippen LogP contribution in [0.2, 0.25) is 5.02 Å². The van der Waals surface area contributed by atoms with Crippen LogP contribution in [0.25, 0.3) is 0 Å². The molecule has 0 bridgehead atoms. The fourth-order valence-corrected chi connectivity index (χ4v) is 8.62. The highest BCUT2D eigenvalue weighted by Gasteiger charge is 2.50. The average molecular weight is 533 g/mol. The summed E-state index contributed by atoms with van der Waals surface area (Å²) in [6, 6.07) is 8.49. The van der Waals surface area contributed by atoms with Crippen molar-refractivity contribution in [3.05, 3.63) is 64.7 Å². The van der Waals surface area contributed by atoms with E-state index in [1.54, 1.807) is 0 Å². The molecule has 1 saturated heterocycles. The second kappa shape index (κ2) is 9.81. The predicted octanol–water partition coefficient (Wildman–Crippen LogP) is 4.41. The molecule has 0 unspecified atom stereocenters. The Morgan fingerprint density at radius 1 is 0.971 bits per heavy atom. The lowest BCUT2D eigenvalue weighted by molar-refractivity contribution is 0.285. The van der Waals surface area contributed by atoms with Crippen molar-refractivity contribution in [3.8, 4) is 0 Å². The van der Waals surface area contributed by atoms with Crippen LogP contribution in [0, 0.1) is 17.6 Å². The molecule has 0 radical (unpaired) electrons. The molecule has 11 heteroatoms. The second-order valence-electron chi connectivity index (χ2n) is 8.98. The van der Waals surface area contributed by atoms with Gasteiger partial charge in [0.05, 0.1) is 4.90 Å². The van der Waals surface area contributed by atoms with Gasteiger partial charge in [-0.2, -0.15) is 12.7 Å². The van der Waals surface area contributed by atoms with E-state index in [1.807, 2.05) is 0 Å². The van der Waals surface area contributed by atoms with Crippen LogP contribution >= 0.6 is 11.6 Å². The smallest absolute Gasteiger partial charge is 0.223 e. The fraction of sp³-hybridized carbons (Fsp3) is 0.478. The minimum atomic E-state index is -4.12. The molecular formula is C23H27ClF2N2O4S2. The zero-order valence-corrected chi connectivity index (χ0v) is 20.9. The Labute approximate surface area is 204 Å². The maximum Gasteiger partial charge on any atom is 0.279 e. The zero-order valence-electron chi connectivity index (χ0n) is 18.5. The topological polar surface area (TPSA) is 83.5 Å². The molecule has 2 aliphatic rings. The molecular weight excluding hydrogens is 506 g/mol. The van der Waals surface area contributed by atoms with E-state index in [-0.39, 0.29) is 35.8 Å². The summed E-state index contributed by atoms with van der Waals surface area (Å²) in [6.07, 6.45) is 2.41. The molecule has 1 N–H and O–H groups in total. The maximum absolute atomic E-state index is 14.9. The highest BCUT2D eigenvalue weighted by molar-refractivity contribution is 7.92. The van der Waals surface area contributed by atoms with Gasteiger partial charge in [-0.15, -0.1) is 0 Å². The van der Waals surface area contributed by atoms with Gasteiger partial charge in [0.25, 0.3) is 10.2 Å². The number of hydrogen-bond donors (Lipinski definition) is 1. The summed E-state index contributed by atoms with van der Waals surface area (Å²) in [5, 5.41) is 0.360. The fourth-order valence-electron chi connectivity index (χ4n) is 4.96. The number of sulfone groups is 1. The van der Waals surface area contributed by atoms with Crippen molar-refractivity contribution < 1.29 is 25.6 Å². The van der Waals surface area contributed by atoms with Crippen LogP contribution < -0.4 is 4.72 Å². The minimum absolute atomic E-state index is 0.0197. The van der Waals surface area contributed by atoms with Crippen LogP contribution in [-0.2, 0) is 24.8 Å². The van der Waals surface area contributed by atoms with Gasteiger partial charge in [0, 0.05) is 30.2 Å². The maximum atomic E-state index is 14.9. The van der Waals surface area contributed by atoms with Crippen LogP contribution in [0.1, 0.15) is 44.1 Å². The van der Waals surface area contributed by atoms with E-state index >= 15 is 0 Å². The van der Waals surface area contributed by atoms with Crippen LogP contribution in [0.15, 0.2) is 47.4 Å². The highest BCUT2D eigenvalue weighted by atomic mass is 35.5. The standard InChI is InChI=1S/C23H27ClF2N2O4S2/c24-18-3-6-20(7-4-18)33(29,30)23(21-15-19(25)5-8-22(21)26)11-9-17(10-12-23)16-27-34(31,32)28-13-1-2-14-28/h3-8,15,17,27H,1-2,9-14,16H2. The van der Waals surface area contributed by atoms with Crippen molar-refractivity contribution in [1.29, 1.82) is 0 Å². The zero-order chi connectivity index (χ0) is 24.6. The van der Waals surface area contributed by atoms with E-state index in [0.29, 0.717) is 31.0 Å². The van der Waals surface area contributed by atoms with Crippen molar-refractivity contribution in [2.75, 3.05) is 19.6 Å². The lowest BCUT2D eigenvalue weighted by Gasteiger charge is -2.40. The summed E-state index contributed by atoms with van der Waals surface area (Å²) >= 11 is 5.92. The van der Waals surface area contributed by atoms with E-state index in [2.05, 4.69) is 4.72 Å². The Bertz CT molecular complexity index is 1240. The molecule has 0 aromatic heterocycles. The van der Waals surface area contributed by atoms with Crippen LogP contribution in [0.3, 0.4) is 0 Å². The lowest BCUT2D eigenvalue weighted by atomic mass is 9.77. The normalized spacial score (nSPS) is 24.4. The highest BCUT2D eigenvalue weighted by Crippen LogP contribution is 2.49. The molecule has 4 rings (SSSR count). The monoisotopic (exact) mass is 532 g/mol. The molecule has 1 aliphatic carbocycles. The van der Waals surface area contributed by atoms with Crippen LogP contribution in [0.4, 0.5) is 8.78 Å². The molecule has 34 heavy (non-hydrogen) atoms. The van der Waals surface area contributed by atoms with Gasteiger partial charge >= 0.3 is 0 Å². The Morgan fingerprint density at radius 2 is 1.59 bits per heavy atom. The number of nitrogens with one attached hydrogen (secondary N) is 1. The molecule has 186 valence electrons. The molecule has 1 aliphatic heterocycles. The summed E-state index contributed by atoms with van der Waals surface area (Å²) in [5.74, 6) is -1.63. The van der Waals surface area contributed by atoms with E-state index in [1.165, 1.54) is 28.6 Å². The first kappa shape index (κ1) is 25.5. The minimum Gasteiger partial charge on any atom is -0.223 e. The van der Waals surface area contributed by atoms with Crippen molar-refractivity contribution in [3.63, 3.8) is 0 Å². The summed E-state index contributed by atoms with van der Waals surface area (Å²) in [5.41, 5.74) is -0.196. The first-order valence-corrected chi connectivity index (χ1v) is 14.6. The Morgan fingerprint density at radius 3 is 2.21 bits per heavy atom. The Kier molecular flexibility index (Phi) is 7.36. The summed E-state index contributed by atoms with van der Waals surface area (Å²) < 4.78 is 84.1. The molecule has 1 saturated carbocycles. The van der Waals surface area contributed by atoms with Crippen LogP contribution in [0.5, 0.6) is 0 Å². The van der Waals surface area contributed by atoms with E-state index < -0.39 is 36.4 Å². The van der Waals surface area contributed by atoms with Gasteiger partial charge in [0.15, 0.2) is 9.84 Å². The Hall–Kier alpha value is -1.59. The van der Waals surface area contributed by atoms with E-state index in [9.17, 15) is 25.6 Å². The van der Waals surface area contributed by atoms with Gasteiger partial charge in [-0.3, -0.25) is 0 Å². The van der Waals surface area contributed by atoms with Crippen LogP contribution in [-0.4, -0.2) is 40.8 Å². The molecule has 0 spiro atoms. The summed E-state index contributed by atoms with van der Waals surface area (Å²) in [6.45, 7) is 1.14.